The molecule has 12 nitrogen and oxygen atoms in total. The predicted octanol–water partition coefficient (Wildman–Crippen LogP) is 10.0. The van der Waals surface area contributed by atoms with Crippen LogP contribution >= 0.6 is 11.3 Å². The van der Waals surface area contributed by atoms with E-state index in [1.807, 2.05) is 24.3 Å². The molecular formula is C48H55N3O9S. The standard InChI is InChI=1S/C48H55N3O9S/c1-4-28-51(48-50-41-12-8-9-13-43(41)61-48)49-32-37-31-40(26-27-42(37)60-47(55)34-16-14-33(3)15-17-34)59-46(54)36-20-18-35(19-21-36)45(53)58-39-24-22-38(23-25-39)56-29-10-6-7-11-30-57-44(52)5-2/h4-5,8-9,12-13,22-27,31-36H,1-2,6-7,10-11,14-21,28-30H2,3H3/b49-32+. The molecule has 0 bridgehead atoms. The minimum atomic E-state index is -0.403. The van der Waals surface area contributed by atoms with Gasteiger partial charge in [-0.1, -0.05) is 43.0 Å². The van der Waals surface area contributed by atoms with Gasteiger partial charge in [-0.2, -0.15) is 5.10 Å². The Hall–Kier alpha value is -5.82. The third kappa shape index (κ3) is 13.3. The lowest BCUT2D eigenvalue weighted by molar-refractivity contribution is -0.145. The van der Waals surface area contributed by atoms with Crippen molar-refractivity contribution in [2.24, 2.45) is 28.8 Å². The molecule has 1 aromatic heterocycles. The SMILES string of the molecule is C=CCN(/N=C/c1cc(OC(=O)C2CCC(C(=O)Oc3ccc(OCCCCCCOC(=O)C=C)cc3)CC2)ccc1OC(=O)C1CCC(C)CC1)c1nc2ccccc2s1. The van der Waals surface area contributed by atoms with Crippen molar-refractivity contribution in [2.75, 3.05) is 24.8 Å². The Labute approximate surface area is 361 Å². The highest BCUT2D eigenvalue weighted by molar-refractivity contribution is 7.22. The normalized spacial score (nSPS) is 18.8. The van der Waals surface area contributed by atoms with Gasteiger partial charge in [-0.15, -0.1) is 6.58 Å². The molecule has 1 heterocycles. The Morgan fingerprint density at radius 1 is 0.738 bits per heavy atom. The summed E-state index contributed by atoms with van der Waals surface area (Å²) in [5.74, 6) is 0.0433. The van der Waals surface area contributed by atoms with Gasteiger partial charge < -0.3 is 23.7 Å². The van der Waals surface area contributed by atoms with E-state index in [4.69, 9.17) is 33.8 Å². The zero-order chi connectivity index (χ0) is 43.0. The lowest BCUT2D eigenvalue weighted by atomic mass is 9.82. The maximum absolute atomic E-state index is 13.5. The van der Waals surface area contributed by atoms with Crippen LogP contribution in [0.2, 0.25) is 0 Å². The molecule has 3 aromatic carbocycles. The largest absolute Gasteiger partial charge is 0.494 e. The molecule has 6 rings (SSSR count). The molecule has 13 heteroatoms. The molecule has 0 amide bonds. The van der Waals surface area contributed by atoms with Gasteiger partial charge in [0.15, 0.2) is 0 Å². The van der Waals surface area contributed by atoms with E-state index in [2.05, 4.69) is 20.1 Å². The molecular weight excluding hydrogens is 795 g/mol. The van der Waals surface area contributed by atoms with Gasteiger partial charge >= 0.3 is 23.9 Å². The van der Waals surface area contributed by atoms with Crippen LogP contribution in [0.25, 0.3) is 10.2 Å². The van der Waals surface area contributed by atoms with Crippen molar-refractivity contribution in [3.05, 3.63) is 97.6 Å². The number of fused-ring (bicyclic) bond motifs is 1. The van der Waals surface area contributed by atoms with Crippen LogP contribution in [-0.2, 0) is 23.9 Å². The van der Waals surface area contributed by atoms with Crippen molar-refractivity contribution in [1.29, 1.82) is 0 Å². The van der Waals surface area contributed by atoms with Gasteiger partial charge in [0.05, 0.1) is 53.9 Å². The number of esters is 4. The zero-order valence-electron chi connectivity index (χ0n) is 34.8. The third-order valence-corrected chi connectivity index (χ3v) is 12.1. The number of hydrazone groups is 1. The van der Waals surface area contributed by atoms with Gasteiger partial charge in [0.25, 0.3) is 0 Å². The number of benzene rings is 3. The Kier molecular flexibility index (Phi) is 16.6. The highest BCUT2D eigenvalue weighted by Gasteiger charge is 2.33. The van der Waals surface area contributed by atoms with E-state index in [-0.39, 0.29) is 35.7 Å². The number of anilines is 1. The summed E-state index contributed by atoms with van der Waals surface area (Å²) in [5, 5.41) is 7.13. The lowest BCUT2D eigenvalue weighted by Crippen LogP contribution is -2.30. The van der Waals surface area contributed by atoms with Crippen molar-refractivity contribution in [1.82, 2.24) is 4.98 Å². The minimum absolute atomic E-state index is 0.173. The van der Waals surface area contributed by atoms with Crippen molar-refractivity contribution in [2.45, 2.75) is 84.0 Å². The molecule has 61 heavy (non-hydrogen) atoms. The number of carbonyl (C=O) groups is 4. The second-order valence-electron chi connectivity index (χ2n) is 15.7. The highest BCUT2D eigenvalue weighted by Crippen LogP contribution is 2.34. The molecule has 0 radical (unpaired) electrons. The van der Waals surface area contributed by atoms with Crippen molar-refractivity contribution in [3.63, 3.8) is 0 Å². The van der Waals surface area contributed by atoms with E-state index in [9.17, 15) is 19.2 Å². The average molecular weight is 850 g/mol. The molecule has 2 saturated carbocycles. The number of para-hydroxylation sites is 1. The maximum atomic E-state index is 13.5. The number of hydrogen-bond acceptors (Lipinski definition) is 13. The second-order valence-corrected chi connectivity index (χ2v) is 16.7. The first-order valence-electron chi connectivity index (χ1n) is 21.3. The molecule has 0 spiro atoms. The summed E-state index contributed by atoms with van der Waals surface area (Å²) in [7, 11) is 0. The monoisotopic (exact) mass is 849 g/mol. The Balaban J connectivity index is 1.01. The number of nitrogens with zero attached hydrogens (tertiary/aromatic N) is 3. The summed E-state index contributed by atoms with van der Waals surface area (Å²) >= 11 is 1.50. The number of thiazole rings is 1. The summed E-state index contributed by atoms with van der Waals surface area (Å²) in [6, 6.07) is 19.8. The molecule has 0 atom stereocenters. The fourth-order valence-electron chi connectivity index (χ4n) is 7.42. The van der Waals surface area contributed by atoms with Crippen LogP contribution in [0.15, 0.2) is 97.1 Å². The molecule has 0 saturated heterocycles. The van der Waals surface area contributed by atoms with Crippen molar-refractivity contribution in [3.8, 4) is 23.0 Å². The Morgan fingerprint density at radius 2 is 1.33 bits per heavy atom. The summed E-state index contributed by atoms with van der Waals surface area (Å²) < 4.78 is 29.4. The Morgan fingerprint density at radius 3 is 1.98 bits per heavy atom. The van der Waals surface area contributed by atoms with Gasteiger partial charge in [0, 0.05) is 11.6 Å². The molecule has 4 aromatic rings. The van der Waals surface area contributed by atoms with E-state index in [0.29, 0.717) is 85.1 Å². The summed E-state index contributed by atoms with van der Waals surface area (Å²) in [6.45, 7) is 10.8. The van der Waals surface area contributed by atoms with Gasteiger partial charge in [0.1, 0.15) is 23.0 Å². The van der Waals surface area contributed by atoms with Crippen LogP contribution < -0.4 is 24.0 Å². The van der Waals surface area contributed by atoms with Crippen LogP contribution in [0.3, 0.4) is 0 Å². The Bertz CT molecular complexity index is 2120. The number of carbonyl (C=O) groups excluding carboxylic acids is 4. The summed E-state index contributed by atoms with van der Waals surface area (Å²) in [5.41, 5.74) is 1.34. The first-order chi connectivity index (χ1) is 29.7. The average Bonchev–Trinajstić information content (AvgIpc) is 3.72. The van der Waals surface area contributed by atoms with E-state index in [1.54, 1.807) is 59.8 Å². The van der Waals surface area contributed by atoms with Crippen LogP contribution in [0.1, 0.15) is 89.5 Å². The van der Waals surface area contributed by atoms with Crippen molar-refractivity contribution >= 4 is 56.8 Å². The highest BCUT2D eigenvalue weighted by atomic mass is 32.1. The van der Waals surface area contributed by atoms with Gasteiger partial charge in [-0.3, -0.25) is 14.4 Å². The summed E-state index contributed by atoms with van der Waals surface area (Å²) in [6.07, 6.45) is 13.5. The molecule has 0 unspecified atom stereocenters. The van der Waals surface area contributed by atoms with Gasteiger partial charge in [-0.05, 0) is 138 Å². The van der Waals surface area contributed by atoms with Gasteiger partial charge in [0.2, 0.25) is 5.13 Å². The molecule has 2 aliphatic carbocycles. The fraction of sp³-hybridized carbons (Fsp3) is 0.417. The van der Waals surface area contributed by atoms with E-state index in [1.165, 1.54) is 11.3 Å². The van der Waals surface area contributed by atoms with Crippen LogP contribution in [0.5, 0.6) is 23.0 Å². The quantitative estimate of drug-likeness (QED) is 0.0159. The minimum Gasteiger partial charge on any atom is -0.494 e. The van der Waals surface area contributed by atoms with Crippen LogP contribution in [0.4, 0.5) is 5.13 Å². The number of unbranched alkanes of at least 4 members (excludes halogenated alkanes) is 3. The molecule has 0 N–H and O–H groups in total. The van der Waals surface area contributed by atoms with E-state index >= 15 is 0 Å². The number of rotatable bonds is 20. The second kappa shape index (κ2) is 22.7. The van der Waals surface area contributed by atoms with Crippen LogP contribution in [-0.4, -0.2) is 54.8 Å². The van der Waals surface area contributed by atoms with E-state index in [0.717, 1.165) is 67.7 Å². The fourth-order valence-corrected chi connectivity index (χ4v) is 8.35. The number of aromatic nitrogens is 1. The first kappa shape index (κ1) is 44.7. The summed E-state index contributed by atoms with van der Waals surface area (Å²) in [4.78, 5) is 55.7. The van der Waals surface area contributed by atoms with Gasteiger partial charge in [-0.25, -0.2) is 14.8 Å². The maximum Gasteiger partial charge on any atom is 0.330 e. The lowest BCUT2D eigenvalue weighted by Gasteiger charge is -2.26. The zero-order valence-corrected chi connectivity index (χ0v) is 35.7. The first-order valence-corrected chi connectivity index (χ1v) is 22.1. The smallest absolute Gasteiger partial charge is 0.330 e. The van der Waals surface area contributed by atoms with E-state index < -0.39 is 5.97 Å². The number of ether oxygens (including phenoxy) is 5. The molecule has 0 aliphatic heterocycles. The predicted molar refractivity (Wildman–Crippen MR) is 236 cm³/mol. The molecule has 322 valence electrons. The molecule has 2 aliphatic rings. The van der Waals surface area contributed by atoms with Crippen LogP contribution in [0, 0.1) is 23.7 Å². The number of hydrogen-bond donors (Lipinski definition) is 0. The third-order valence-electron chi connectivity index (χ3n) is 11.1. The molecule has 2 fully saturated rings. The topological polar surface area (TPSA) is 143 Å². The van der Waals surface area contributed by atoms with Crippen molar-refractivity contribution < 1.29 is 42.9 Å².